The molecule has 0 atom stereocenters. The molecule has 0 spiro atoms. The third-order valence-corrected chi connectivity index (χ3v) is 3.24. The number of hydrogen-bond donors (Lipinski definition) is 1. The van der Waals surface area contributed by atoms with Gasteiger partial charge in [-0.05, 0) is 38.1 Å². The minimum Gasteiger partial charge on any atom is -0.485 e. The highest BCUT2D eigenvalue weighted by Gasteiger charge is 2.16. The van der Waals surface area contributed by atoms with E-state index in [0.717, 1.165) is 12.1 Å². The maximum absolute atomic E-state index is 14.1. The summed E-state index contributed by atoms with van der Waals surface area (Å²) in [6, 6.07) is 8.93. The second-order valence-corrected chi connectivity index (χ2v) is 5.37. The number of nitrogens with zero attached hydrogens (tertiary/aromatic N) is 1. The summed E-state index contributed by atoms with van der Waals surface area (Å²) in [5.41, 5.74) is 0.224. The number of aromatic nitrogens is 2. The molecular weight excluding hydrogens is 302 g/mol. The first kappa shape index (κ1) is 15.1. The van der Waals surface area contributed by atoms with Crippen molar-refractivity contribution in [1.29, 1.82) is 0 Å². The van der Waals surface area contributed by atoms with E-state index in [9.17, 15) is 13.6 Å². The van der Waals surface area contributed by atoms with Crippen LogP contribution in [0.25, 0.3) is 22.3 Å². The van der Waals surface area contributed by atoms with Gasteiger partial charge in [-0.2, -0.15) is 0 Å². The van der Waals surface area contributed by atoms with E-state index in [1.807, 2.05) is 0 Å². The van der Waals surface area contributed by atoms with Crippen LogP contribution in [0.2, 0.25) is 0 Å². The van der Waals surface area contributed by atoms with E-state index in [2.05, 4.69) is 9.97 Å². The number of ether oxygens (including phenoxy) is 1. The third-order valence-electron chi connectivity index (χ3n) is 3.24. The van der Waals surface area contributed by atoms with Gasteiger partial charge in [0.2, 0.25) is 0 Å². The molecule has 0 amide bonds. The number of halogens is 2. The van der Waals surface area contributed by atoms with Crippen LogP contribution in [0.1, 0.15) is 13.8 Å². The fourth-order valence-corrected chi connectivity index (χ4v) is 2.27. The zero-order valence-electron chi connectivity index (χ0n) is 12.6. The van der Waals surface area contributed by atoms with Gasteiger partial charge in [0.15, 0.2) is 17.4 Å². The zero-order valence-corrected chi connectivity index (χ0v) is 12.6. The Kier molecular flexibility index (Phi) is 3.82. The van der Waals surface area contributed by atoms with Crippen LogP contribution < -0.4 is 10.3 Å². The van der Waals surface area contributed by atoms with Crippen molar-refractivity contribution in [2.75, 3.05) is 0 Å². The Bertz CT molecular complexity index is 912. The van der Waals surface area contributed by atoms with Crippen LogP contribution >= 0.6 is 0 Å². The van der Waals surface area contributed by atoms with Crippen LogP contribution in [0.15, 0.2) is 41.2 Å². The fraction of sp³-hybridized carbons (Fsp3) is 0.176. The summed E-state index contributed by atoms with van der Waals surface area (Å²) in [5.74, 6) is -2.02. The second-order valence-electron chi connectivity index (χ2n) is 5.37. The molecule has 0 aliphatic carbocycles. The number of aromatic amines is 1. The number of benzene rings is 2. The van der Waals surface area contributed by atoms with E-state index in [1.165, 1.54) is 0 Å². The summed E-state index contributed by atoms with van der Waals surface area (Å²) in [6.07, 6.45) is -0.358. The number of para-hydroxylation sites is 1. The predicted octanol–water partition coefficient (Wildman–Crippen LogP) is 3.66. The minimum absolute atomic E-state index is 0.0996. The molecule has 0 radical (unpaired) electrons. The standard InChI is InChI=1S/C17H14F2N2O2/c1-9(2)23-15-12(18)7-10(8-13(15)19)16-20-14-6-4-3-5-11(14)17(22)21-16/h3-9H,1-2H3,(H,20,21,22). The number of nitrogens with one attached hydrogen (secondary N) is 1. The summed E-state index contributed by atoms with van der Waals surface area (Å²) >= 11 is 0. The Hall–Kier alpha value is -2.76. The smallest absolute Gasteiger partial charge is 0.259 e. The van der Waals surface area contributed by atoms with Gasteiger partial charge in [0.1, 0.15) is 5.82 Å². The summed E-state index contributed by atoms with van der Waals surface area (Å²) < 4.78 is 33.3. The summed E-state index contributed by atoms with van der Waals surface area (Å²) in [7, 11) is 0. The highest BCUT2D eigenvalue weighted by Crippen LogP contribution is 2.28. The monoisotopic (exact) mass is 316 g/mol. The average molecular weight is 316 g/mol. The summed E-state index contributed by atoms with van der Waals surface area (Å²) in [4.78, 5) is 18.8. The van der Waals surface area contributed by atoms with Gasteiger partial charge >= 0.3 is 0 Å². The van der Waals surface area contributed by atoms with Gasteiger partial charge in [0.05, 0.1) is 17.0 Å². The SMILES string of the molecule is CC(C)Oc1c(F)cc(-c2nc3ccccc3c(=O)[nH]2)cc1F. The first-order chi connectivity index (χ1) is 11.0. The van der Waals surface area contributed by atoms with Gasteiger partial charge in [0, 0.05) is 5.56 Å². The van der Waals surface area contributed by atoms with E-state index in [-0.39, 0.29) is 23.1 Å². The van der Waals surface area contributed by atoms with E-state index in [4.69, 9.17) is 4.74 Å². The first-order valence-corrected chi connectivity index (χ1v) is 7.11. The average Bonchev–Trinajstić information content (AvgIpc) is 2.50. The molecule has 0 aliphatic rings. The van der Waals surface area contributed by atoms with Crippen molar-refractivity contribution in [2.24, 2.45) is 0 Å². The van der Waals surface area contributed by atoms with Gasteiger partial charge in [-0.25, -0.2) is 13.8 Å². The Morgan fingerprint density at radius 3 is 2.43 bits per heavy atom. The molecule has 1 aromatic heterocycles. The Morgan fingerprint density at radius 2 is 1.78 bits per heavy atom. The van der Waals surface area contributed by atoms with Crippen molar-refractivity contribution >= 4 is 10.9 Å². The number of H-pyrrole nitrogens is 1. The molecule has 4 nitrogen and oxygen atoms in total. The van der Waals surface area contributed by atoms with E-state index in [0.29, 0.717) is 10.9 Å². The maximum Gasteiger partial charge on any atom is 0.259 e. The largest absolute Gasteiger partial charge is 0.485 e. The third kappa shape index (κ3) is 2.92. The lowest BCUT2D eigenvalue weighted by atomic mass is 10.1. The lowest BCUT2D eigenvalue weighted by Gasteiger charge is -2.12. The highest BCUT2D eigenvalue weighted by molar-refractivity contribution is 5.79. The number of fused-ring (bicyclic) bond motifs is 1. The predicted molar refractivity (Wildman–Crippen MR) is 83.5 cm³/mol. The molecule has 0 bridgehead atoms. The zero-order chi connectivity index (χ0) is 16.6. The highest BCUT2D eigenvalue weighted by atomic mass is 19.1. The van der Waals surface area contributed by atoms with Crippen LogP contribution in [-0.4, -0.2) is 16.1 Å². The molecular formula is C17H14F2N2O2. The minimum atomic E-state index is -0.843. The molecule has 0 saturated heterocycles. The van der Waals surface area contributed by atoms with Gasteiger partial charge in [-0.1, -0.05) is 12.1 Å². The molecule has 1 heterocycles. The van der Waals surface area contributed by atoms with Crippen LogP contribution in [0, 0.1) is 11.6 Å². The van der Waals surface area contributed by atoms with Crippen LogP contribution in [0.3, 0.4) is 0 Å². The molecule has 0 unspecified atom stereocenters. The number of rotatable bonds is 3. The Morgan fingerprint density at radius 1 is 1.13 bits per heavy atom. The Labute approximate surface area is 130 Å². The van der Waals surface area contributed by atoms with Crippen LogP contribution in [0.5, 0.6) is 5.75 Å². The van der Waals surface area contributed by atoms with Gasteiger partial charge in [-0.15, -0.1) is 0 Å². The number of hydrogen-bond acceptors (Lipinski definition) is 3. The van der Waals surface area contributed by atoms with Gasteiger partial charge in [0.25, 0.3) is 5.56 Å². The first-order valence-electron chi connectivity index (χ1n) is 7.11. The van der Waals surface area contributed by atoms with Crippen molar-refractivity contribution in [3.05, 3.63) is 58.4 Å². The lowest BCUT2D eigenvalue weighted by molar-refractivity contribution is 0.219. The van der Waals surface area contributed by atoms with Crippen molar-refractivity contribution in [3.63, 3.8) is 0 Å². The van der Waals surface area contributed by atoms with E-state index in [1.54, 1.807) is 38.1 Å². The molecule has 118 valence electrons. The van der Waals surface area contributed by atoms with E-state index >= 15 is 0 Å². The van der Waals surface area contributed by atoms with Crippen molar-refractivity contribution in [2.45, 2.75) is 20.0 Å². The normalized spacial score (nSPS) is 11.2. The molecule has 0 fully saturated rings. The second kappa shape index (κ2) is 5.79. The summed E-state index contributed by atoms with van der Waals surface area (Å²) in [6.45, 7) is 3.35. The van der Waals surface area contributed by atoms with E-state index < -0.39 is 17.4 Å². The molecule has 3 rings (SSSR count). The maximum atomic E-state index is 14.1. The molecule has 0 saturated carbocycles. The van der Waals surface area contributed by atoms with Crippen LogP contribution in [0.4, 0.5) is 8.78 Å². The molecule has 3 aromatic rings. The fourth-order valence-electron chi connectivity index (χ4n) is 2.27. The topological polar surface area (TPSA) is 55.0 Å². The van der Waals surface area contributed by atoms with Crippen molar-refractivity contribution < 1.29 is 13.5 Å². The van der Waals surface area contributed by atoms with Crippen LogP contribution in [-0.2, 0) is 0 Å². The quantitative estimate of drug-likeness (QED) is 0.802. The molecule has 1 N–H and O–H groups in total. The van der Waals surface area contributed by atoms with Crippen molar-refractivity contribution in [3.8, 4) is 17.1 Å². The van der Waals surface area contributed by atoms with Gasteiger partial charge in [-0.3, -0.25) is 4.79 Å². The molecule has 23 heavy (non-hydrogen) atoms. The lowest BCUT2D eigenvalue weighted by Crippen LogP contribution is -2.11. The molecule has 6 heteroatoms. The van der Waals surface area contributed by atoms with Gasteiger partial charge < -0.3 is 9.72 Å². The molecule has 0 aliphatic heterocycles. The Balaban J connectivity index is 2.14. The van der Waals surface area contributed by atoms with Crippen molar-refractivity contribution in [1.82, 2.24) is 9.97 Å². The molecule has 2 aromatic carbocycles. The summed E-state index contributed by atoms with van der Waals surface area (Å²) in [5, 5.41) is 0.414.